The van der Waals surface area contributed by atoms with Gasteiger partial charge in [0.05, 0.1) is 16.8 Å². The number of rotatable bonds is 6. The Labute approximate surface area is 161 Å². The minimum atomic E-state index is -0.679. The Morgan fingerprint density at radius 2 is 1.79 bits per heavy atom. The van der Waals surface area contributed by atoms with Gasteiger partial charge in [-0.25, -0.2) is 4.79 Å². The van der Waals surface area contributed by atoms with E-state index in [1.165, 1.54) is 0 Å². The summed E-state index contributed by atoms with van der Waals surface area (Å²) in [5.74, 6) is 0.773. The van der Waals surface area contributed by atoms with Gasteiger partial charge in [0.1, 0.15) is 18.1 Å². The van der Waals surface area contributed by atoms with Crippen LogP contribution >= 0.6 is 0 Å². The second-order valence-electron chi connectivity index (χ2n) is 6.11. The third kappa shape index (κ3) is 4.47. The van der Waals surface area contributed by atoms with Crippen molar-refractivity contribution in [3.05, 3.63) is 71.1 Å². The Bertz CT molecular complexity index is 993. The van der Waals surface area contributed by atoms with Crippen molar-refractivity contribution in [2.45, 2.75) is 20.5 Å². The molecule has 0 saturated carbocycles. The molecule has 4 N–H and O–H groups in total. The number of hydrogen-bond donors (Lipinski definition) is 3. The van der Waals surface area contributed by atoms with Crippen molar-refractivity contribution >= 4 is 23.3 Å². The first-order chi connectivity index (χ1) is 13.4. The van der Waals surface area contributed by atoms with Crippen molar-refractivity contribution in [1.82, 2.24) is 5.16 Å². The maximum Gasteiger partial charge on any atom is 0.316 e. The number of carbonyl (C=O) groups excluding carboxylic acids is 2. The third-order valence-corrected chi connectivity index (χ3v) is 4.07. The molecule has 1 heterocycles. The molecule has 3 amide bonds. The number of para-hydroxylation sites is 1. The molecule has 0 bridgehead atoms. The van der Waals surface area contributed by atoms with Crippen LogP contribution in [0.25, 0.3) is 0 Å². The highest BCUT2D eigenvalue weighted by molar-refractivity contribution is 6.06. The molecule has 3 rings (SSSR count). The topological polar surface area (TPSA) is 119 Å². The van der Waals surface area contributed by atoms with Gasteiger partial charge < -0.3 is 25.6 Å². The molecule has 2 aromatic carbocycles. The number of primary amides is 1. The number of hydrogen-bond acceptors (Lipinski definition) is 5. The van der Waals surface area contributed by atoms with Gasteiger partial charge in [-0.05, 0) is 44.2 Å². The highest BCUT2D eigenvalue weighted by Crippen LogP contribution is 2.23. The van der Waals surface area contributed by atoms with Gasteiger partial charge in [-0.3, -0.25) is 4.79 Å². The van der Waals surface area contributed by atoms with E-state index in [0.29, 0.717) is 28.4 Å². The monoisotopic (exact) mass is 380 g/mol. The van der Waals surface area contributed by atoms with Gasteiger partial charge in [-0.15, -0.1) is 0 Å². The molecular formula is C20H20N4O4. The van der Waals surface area contributed by atoms with Crippen molar-refractivity contribution < 1.29 is 18.8 Å². The van der Waals surface area contributed by atoms with Gasteiger partial charge in [0.2, 0.25) is 0 Å². The highest BCUT2D eigenvalue weighted by Gasteiger charge is 2.15. The van der Waals surface area contributed by atoms with E-state index in [1.54, 1.807) is 48.5 Å². The van der Waals surface area contributed by atoms with Crippen LogP contribution in [0.5, 0.6) is 5.75 Å². The number of ether oxygens (including phenoxy) is 1. The molecule has 144 valence electrons. The third-order valence-electron chi connectivity index (χ3n) is 4.07. The maximum absolute atomic E-state index is 12.7. The number of aromatic nitrogens is 1. The smallest absolute Gasteiger partial charge is 0.316 e. The first-order valence-electron chi connectivity index (χ1n) is 8.55. The molecule has 0 aliphatic heterocycles. The summed E-state index contributed by atoms with van der Waals surface area (Å²) in [6, 6.07) is 12.9. The molecule has 28 heavy (non-hydrogen) atoms. The van der Waals surface area contributed by atoms with E-state index in [0.717, 1.165) is 11.3 Å². The predicted octanol–water partition coefficient (Wildman–Crippen LogP) is 3.61. The Hall–Kier alpha value is -3.81. The lowest BCUT2D eigenvalue weighted by Gasteiger charge is -2.12. The van der Waals surface area contributed by atoms with Crippen LogP contribution in [0.4, 0.5) is 16.2 Å². The molecule has 0 aliphatic rings. The molecule has 1 aromatic heterocycles. The second kappa shape index (κ2) is 8.26. The summed E-state index contributed by atoms with van der Waals surface area (Å²) in [5, 5.41) is 9.15. The fraction of sp³-hybridized carbons (Fsp3) is 0.150. The lowest BCUT2D eigenvalue weighted by molar-refractivity contribution is 0.102. The summed E-state index contributed by atoms with van der Waals surface area (Å²) in [6.45, 7) is 3.88. The summed E-state index contributed by atoms with van der Waals surface area (Å²) >= 11 is 0. The number of benzene rings is 2. The SMILES string of the molecule is Cc1noc(C)c1COc1ccccc1C(=O)Nc1cccc(NC(N)=O)c1. The van der Waals surface area contributed by atoms with E-state index in [-0.39, 0.29) is 12.5 Å². The zero-order valence-corrected chi connectivity index (χ0v) is 15.5. The Morgan fingerprint density at radius 3 is 2.46 bits per heavy atom. The lowest BCUT2D eigenvalue weighted by atomic mass is 10.1. The van der Waals surface area contributed by atoms with Gasteiger partial charge in [0, 0.05) is 11.4 Å². The van der Waals surface area contributed by atoms with E-state index < -0.39 is 6.03 Å². The molecule has 0 spiro atoms. The predicted molar refractivity (Wildman–Crippen MR) is 104 cm³/mol. The summed E-state index contributed by atoms with van der Waals surface area (Å²) < 4.78 is 11.0. The van der Waals surface area contributed by atoms with E-state index in [9.17, 15) is 9.59 Å². The fourth-order valence-corrected chi connectivity index (χ4v) is 2.65. The number of amides is 3. The molecule has 0 atom stereocenters. The van der Waals surface area contributed by atoms with Gasteiger partial charge in [0.25, 0.3) is 5.91 Å². The maximum atomic E-state index is 12.7. The van der Waals surface area contributed by atoms with E-state index in [4.69, 9.17) is 15.0 Å². The largest absolute Gasteiger partial charge is 0.488 e. The summed E-state index contributed by atoms with van der Waals surface area (Å²) in [4.78, 5) is 23.7. The number of nitrogens with one attached hydrogen (secondary N) is 2. The van der Waals surface area contributed by atoms with Crippen molar-refractivity contribution in [3.63, 3.8) is 0 Å². The zero-order valence-electron chi connectivity index (χ0n) is 15.5. The summed E-state index contributed by atoms with van der Waals surface area (Å²) in [6.07, 6.45) is 0. The fourth-order valence-electron chi connectivity index (χ4n) is 2.65. The summed E-state index contributed by atoms with van der Waals surface area (Å²) in [7, 11) is 0. The van der Waals surface area contributed by atoms with Crippen LogP contribution in [-0.2, 0) is 6.61 Å². The molecule has 8 heteroatoms. The van der Waals surface area contributed by atoms with Crippen LogP contribution in [-0.4, -0.2) is 17.1 Å². The zero-order chi connectivity index (χ0) is 20.1. The summed E-state index contributed by atoms with van der Waals surface area (Å²) in [5.41, 5.74) is 8.08. The van der Waals surface area contributed by atoms with Gasteiger partial charge in [0.15, 0.2) is 0 Å². The lowest BCUT2D eigenvalue weighted by Crippen LogP contribution is -2.19. The van der Waals surface area contributed by atoms with Crippen molar-refractivity contribution in [1.29, 1.82) is 0 Å². The number of aryl methyl sites for hydroxylation is 2. The van der Waals surface area contributed by atoms with Crippen LogP contribution < -0.4 is 21.1 Å². The molecule has 0 saturated heterocycles. The van der Waals surface area contributed by atoms with Crippen LogP contribution in [0.15, 0.2) is 53.1 Å². The standard InChI is InChI=1S/C20H20N4O4/c1-12-17(13(2)28-24-12)11-27-18-9-4-3-8-16(18)19(25)22-14-6-5-7-15(10-14)23-20(21)26/h3-10H,11H2,1-2H3,(H,22,25)(H3,21,23,26). The highest BCUT2D eigenvalue weighted by atomic mass is 16.5. The number of nitrogens with zero attached hydrogens (tertiary/aromatic N) is 1. The minimum Gasteiger partial charge on any atom is -0.488 e. The van der Waals surface area contributed by atoms with Crippen LogP contribution in [0.3, 0.4) is 0 Å². The van der Waals surface area contributed by atoms with Crippen molar-refractivity contribution in [2.24, 2.45) is 5.73 Å². The average Bonchev–Trinajstić information content (AvgIpc) is 2.98. The number of nitrogens with two attached hydrogens (primary N) is 1. The molecule has 0 radical (unpaired) electrons. The molecule has 3 aromatic rings. The molecule has 0 unspecified atom stereocenters. The Kier molecular flexibility index (Phi) is 5.59. The van der Waals surface area contributed by atoms with Crippen molar-refractivity contribution in [3.8, 4) is 5.75 Å². The number of carbonyl (C=O) groups is 2. The van der Waals surface area contributed by atoms with E-state index >= 15 is 0 Å². The Morgan fingerprint density at radius 1 is 1.07 bits per heavy atom. The Balaban J connectivity index is 1.75. The normalized spacial score (nSPS) is 10.4. The number of anilines is 2. The van der Waals surface area contributed by atoms with E-state index in [1.807, 2.05) is 13.8 Å². The van der Waals surface area contributed by atoms with Gasteiger partial charge >= 0.3 is 6.03 Å². The van der Waals surface area contributed by atoms with Crippen LogP contribution in [0.1, 0.15) is 27.4 Å². The van der Waals surface area contributed by atoms with Crippen LogP contribution in [0.2, 0.25) is 0 Å². The molecular weight excluding hydrogens is 360 g/mol. The van der Waals surface area contributed by atoms with E-state index in [2.05, 4.69) is 15.8 Å². The first kappa shape index (κ1) is 19.0. The first-order valence-corrected chi connectivity index (χ1v) is 8.55. The van der Waals surface area contributed by atoms with Crippen molar-refractivity contribution in [2.75, 3.05) is 10.6 Å². The average molecular weight is 380 g/mol. The van der Waals surface area contributed by atoms with Crippen LogP contribution in [0, 0.1) is 13.8 Å². The quantitative estimate of drug-likeness (QED) is 0.603. The van der Waals surface area contributed by atoms with Gasteiger partial charge in [-0.2, -0.15) is 0 Å². The van der Waals surface area contributed by atoms with Gasteiger partial charge in [-0.1, -0.05) is 23.4 Å². The number of urea groups is 1. The molecule has 0 fully saturated rings. The molecule has 8 nitrogen and oxygen atoms in total. The second-order valence-corrected chi connectivity index (χ2v) is 6.11. The molecule has 0 aliphatic carbocycles. The minimum absolute atomic E-state index is 0.240.